The van der Waals surface area contributed by atoms with Gasteiger partial charge in [-0.2, -0.15) is 0 Å². The van der Waals surface area contributed by atoms with Gasteiger partial charge in [-0.3, -0.25) is 4.79 Å². The van der Waals surface area contributed by atoms with E-state index in [1.165, 1.54) is 0 Å². The molecule has 0 fully saturated rings. The minimum Gasteiger partial charge on any atom is -0.482 e. The van der Waals surface area contributed by atoms with Crippen LogP contribution >= 0.6 is 15.9 Å². The van der Waals surface area contributed by atoms with Crippen LogP contribution in [-0.2, 0) is 20.7 Å². The first-order valence-corrected chi connectivity index (χ1v) is 8.29. The molecule has 2 rings (SSSR count). The molecule has 6 heteroatoms. The van der Waals surface area contributed by atoms with Crippen molar-refractivity contribution in [2.45, 2.75) is 13.3 Å². The first-order chi connectivity index (χ1) is 11.6. The second kappa shape index (κ2) is 9.08. The van der Waals surface area contributed by atoms with Gasteiger partial charge in [0.1, 0.15) is 5.75 Å². The van der Waals surface area contributed by atoms with Crippen molar-refractivity contribution in [2.75, 3.05) is 18.5 Å². The van der Waals surface area contributed by atoms with E-state index in [9.17, 15) is 9.59 Å². The zero-order chi connectivity index (χ0) is 17.4. The van der Waals surface area contributed by atoms with Crippen LogP contribution in [0.25, 0.3) is 0 Å². The van der Waals surface area contributed by atoms with Crippen molar-refractivity contribution in [3.63, 3.8) is 0 Å². The van der Waals surface area contributed by atoms with Gasteiger partial charge in [0.2, 0.25) is 0 Å². The molecule has 0 aliphatic heterocycles. The molecule has 0 aliphatic carbocycles. The van der Waals surface area contributed by atoms with Gasteiger partial charge in [-0.15, -0.1) is 0 Å². The Morgan fingerprint density at radius 2 is 1.75 bits per heavy atom. The molecule has 0 unspecified atom stereocenters. The van der Waals surface area contributed by atoms with E-state index in [4.69, 9.17) is 9.47 Å². The Morgan fingerprint density at radius 3 is 2.46 bits per heavy atom. The molecule has 0 saturated heterocycles. The van der Waals surface area contributed by atoms with E-state index in [1.54, 1.807) is 24.3 Å². The molecule has 0 spiro atoms. The topological polar surface area (TPSA) is 64.6 Å². The molecule has 24 heavy (non-hydrogen) atoms. The van der Waals surface area contributed by atoms with E-state index in [1.807, 2.05) is 31.2 Å². The largest absolute Gasteiger partial charge is 0.482 e. The predicted octanol–water partition coefficient (Wildman–Crippen LogP) is 3.57. The molecule has 126 valence electrons. The maximum absolute atomic E-state index is 11.9. The average Bonchev–Trinajstić information content (AvgIpc) is 2.60. The average molecular weight is 392 g/mol. The van der Waals surface area contributed by atoms with Crippen LogP contribution in [0.3, 0.4) is 0 Å². The molecule has 0 heterocycles. The van der Waals surface area contributed by atoms with Crippen molar-refractivity contribution < 1.29 is 19.1 Å². The lowest BCUT2D eigenvalue weighted by Crippen LogP contribution is -2.24. The number of nitrogens with one attached hydrogen (secondary N) is 1. The highest BCUT2D eigenvalue weighted by atomic mass is 79.9. The van der Waals surface area contributed by atoms with Crippen LogP contribution in [0.2, 0.25) is 0 Å². The minimum absolute atomic E-state index is 0.250. The molecule has 0 bridgehead atoms. The fourth-order valence-corrected chi connectivity index (χ4v) is 2.26. The molecular formula is C18H18BrNO4. The Hall–Kier alpha value is -2.34. The van der Waals surface area contributed by atoms with Gasteiger partial charge in [-0.1, -0.05) is 41.1 Å². The maximum Gasteiger partial charge on any atom is 0.344 e. The normalized spacial score (nSPS) is 10.1. The second-order valence-electron chi connectivity index (χ2n) is 4.96. The Kier molecular flexibility index (Phi) is 6.81. The summed E-state index contributed by atoms with van der Waals surface area (Å²) in [6, 6.07) is 14.6. The first kappa shape index (κ1) is 18.0. The molecule has 2 aromatic rings. The van der Waals surface area contributed by atoms with Gasteiger partial charge in [0.05, 0.1) is 0 Å². The lowest BCUT2D eigenvalue weighted by Gasteiger charge is -2.10. The van der Waals surface area contributed by atoms with Crippen molar-refractivity contribution in [1.82, 2.24) is 0 Å². The van der Waals surface area contributed by atoms with Crippen LogP contribution < -0.4 is 10.1 Å². The highest BCUT2D eigenvalue weighted by molar-refractivity contribution is 9.10. The van der Waals surface area contributed by atoms with E-state index in [-0.39, 0.29) is 19.1 Å². The van der Waals surface area contributed by atoms with E-state index < -0.39 is 5.97 Å². The van der Waals surface area contributed by atoms with Crippen molar-refractivity contribution in [2.24, 2.45) is 0 Å². The van der Waals surface area contributed by atoms with Crippen LogP contribution in [0.4, 0.5) is 5.69 Å². The number of aryl methyl sites for hydroxylation is 1. The summed E-state index contributed by atoms with van der Waals surface area (Å²) in [7, 11) is 0. The summed E-state index contributed by atoms with van der Waals surface area (Å²) < 4.78 is 11.1. The SMILES string of the molecule is CCc1ccccc1NC(=O)COC(=O)COc1ccc(Br)cc1. The standard InChI is InChI=1S/C18H18BrNO4/c1-2-13-5-3-4-6-16(13)20-17(21)11-24-18(22)12-23-15-9-7-14(19)8-10-15/h3-10H,2,11-12H2,1H3,(H,20,21). The van der Waals surface area contributed by atoms with Crippen molar-refractivity contribution in [1.29, 1.82) is 0 Å². The van der Waals surface area contributed by atoms with Gasteiger partial charge in [0, 0.05) is 10.2 Å². The fourth-order valence-electron chi connectivity index (χ4n) is 2.00. The van der Waals surface area contributed by atoms with Gasteiger partial charge < -0.3 is 14.8 Å². The number of hydrogen-bond donors (Lipinski definition) is 1. The summed E-state index contributed by atoms with van der Waals surface area (Å²) >= 11 is 3.31. The number of halogens is 1. The molecular weight excluding hydrogens is 374 g/mol. The molecule has 1 amide bonds. The molecule has 0 atom stereocenters. The zero-order valence-corrected chi connectivity index (χ0v) is 14.8. The number of carbonyl (C=O) groups excluding carboxylic acids is 2. The molecule has 5 nitrogen and oxygen atoms in total. The molecule has 0 radical (unpaired) electrons. The minimum atomic E-state index is -0.600. The van der Waals surface area contributed by atoms with Gasteiger partial charge in [0.15, 0.2) is 13.2 Å². The monoisotopic (exact) mass is 391 g/mol. The predicted molar refractivity (Wildman–Crippen MR) is 95.0 cm³/mol. The Bertz CT molecular complexity index is 700. The zero-order valence-electron chi connectivity index (χ0n) is 13.3. The summed E-state index contributed by atoms with van der Waals surface area (Å²) in [5.41, 5.74) is 1.75. The van der Waals surface area contributed by atoms with Crippen LogP contribution in [0.15, 0.2) is 53.0 Å². The van der Waals surface area contributed by atoms with Gasteiger partial charge in [-0.05, 0) is 42.3 Å². The number of anilines is 1. The third-order valence-electron chi connectivity index (χ3n) is 3.21. The van der Waals surface area contributed by atoms with Crippen molar-refractivity contribution in [3.05, 3.63) is 58.6 Å². The van der Waals surface area contributed by atoms with E-state index >= 15 is 0 Å². The van der Waals surface area contributed by atoms with Gasteiger partial charge >= 0.3 is 5.97 Å². The number of ether oxygens (including phenoxy) is 2. The van der Waals surface area contributed by atoms with Crippen LogP contribution in [0.5, 0.6) is 5.75 Å². The Balaban J connectivity index is 1.74. The quantitative estimate of drug-likeness (QED) is 0.732. The number of para-hydroxylation sites is 1. The van der Waals surface area contributed by atoms with E-state index in [2.05, 4.69) is 21.2 Å². The molecule has 0 aromatic heterocycles. The number of rotatable bonds is 7. The fraction of sp³-hybridized carbons (Fsp3) is 0.222. The number of esters is 1. The maximum atomic E-state index is 11.9. The number of benzene rings is 2. The molecule has 0 aliphatic rings. The Morgan fingerprint density at radius 1 is 1.04 bits per heavy atom. The third-order valence-corrected chi connectivity index (χ3v) is 3.74. The lowest BCUT2D eigenvalue weighted by molar-refractivity contribution is -0.149. The number of hydrogen-bond acceptors (Lipinski definition) is 4. The van der Waals surface area contributed by atoms with Gasteiger partial charge in [0.25, 0.3) is 5.91 Å². The summed E-state index contributed by atoms with van der Waals surface area (Å²) in [4.78, 5) is 23.5. The lowest BCUT2D eigenvalue weighted by atomic mass is 10.1. The van der Waals surface area contributed by atoms with Crippen LogP contribution in [0, 0.1) is 0 Å². The van der Waals surface area contributed by atoms with Crippen molar-refractivity contribution >= 4 is 33.5 Å². The van der Waals surface area contributed by atoms with Crippen LogP contribution in [-0.4, -0.2) is 25.1 Å². The molecule has 1 N–H and O–H groups in total. The van der Waals surface area contributed by atoms with E-state index in [0.717, 1.165) is 22.1 Å². The first-order valence-electron chi connectivity index (χ1n) is 7.50. The van der Waals surface area contributed by atoms with Gasteiger partial charge in [-0.25, -0.2) is 4.79 Å². The second-order valence-corrected chi connectivity index (χ2v) is 5.88. The highest BCUT2D eigenvalue weighted by Gasteiger charge is 2.10. The summed E-state index contributed by atoms with van der Waals surface area (Å²) in [5.74, 6) is -0.429. The summed E-state index contributed by atoms with van der Waals surface area (Å²) in [6.07, 6.45) is 0.803. The Labute approximate surface area is 149 Å². The molecule has 2 aromatic carbocycles. The summed E-state index contributed by atoms with van der Waals surface area (Å²) in [6.45, 7) is 1.41. The molecule has 0 saturated carbocycles. The number of amides is 1. The van der Waals surface area contributed by atoms with Crippen LogP contribution in [0.1, 0.15) is 12.5 Å². The summed E-state index contributed by atoms with van der Waals surface area (Å²) in [5, 5.41) is 2.73. The number of carbonyl (C=O) groups is 2. The van der Waals surface area contributed by atoms with E-state index in [0.29, 0.717) is 5.75 Å². The highest BCUT2D eigenvalue weighted by Crippen LogP contribution is 2.16. The third kappa shape index (κ3) is 5.70. The van der Waals surface area contributed by atoms with Crippen molar-refractivity contribution in [3.8, 4) is 5.75 Å². The smallest absolute Gasteiger partial charge is 0.344 e.